The molecule has 0 N–H and O–H groups in total. The lowest BCUT2D eigenvalue weighted by atomic mass is 9.94. The van der Waals surface area contributed by atoms with E-state index in [1.807, 2.05) is 0 Å². The topological polar surface area (TPSA) is 46.3 Å². The van der Waals surface area contributed by atoms with Crippen LogP contribution in [0.5, 0.6) is 0 Å². The van der Waals surface area contributed by atoms with Gasteiger partial charge in [0.1, 0.15) is 12.5 Å². The molecule has 1 atom stereocenters. The molecule has 4 nitrogen and oxygen atoms in total. The molecular formula is C14H22N2O2. The molecule has 18 heavy (non-hydrogen) atoms. The van der Waals surface area contributed by atoms with Crippen LogP contribution in [0.1, 0.15) is 38.3 Å². The van der Waals surface area contributed by atoms with Gasteiger partial charge < -0.3 is 14.1 Å². The van der Waals surface area contributed by atoms with Crippen LogP contribution in [0.3, 0.4) is 0 Å². The van der Waals surface area contributed by atoms with Gasteiger partial charge in [0, 0.05) is 25.4 Å². The number of piperidine rings is 1. The number of carbonyl (C=O) groups is 1. The highest BCUT2D eigenvalue weighted by Crippen LogP contribution is 2.22. The summed E-state index contributed by atoms with van der Waals surface area (Å²) in [6, 6.07) is 0.614. The maximum atomic E-state index is 10.4. The molecule has 0 saturated carbocycles. The number of carbonyl (C=O) groups excluding carboxylic acids is 1. The van der Waals surface area contributed by atoms with Crippen molar-refractivity contribution in [3.8, 4) is 0 Å². The fourth-order valence-corrected chi connectivity index (χ4v) is 2.60. The van der Waals surface area contributed by atoms with Crippen molar-refractivity contribution >= 4 is 6.29 Å². The number of hydrogen-bond acceptors (Lipinski definition) is 4. The Balaban J connectivity index is 1.89. The molecule has 0 amide bonds. The van der Waals surface area contributed by atoms with Gasteiger partial charge in [-0.05, 0) is 39.2 Å². The number of nitrogens with zero attached hydrogens (tertiary/aromatic N) is 2. The number of hydrogen-bond donors (Lipinski definition) is 0. The Morgan fingerprint density at radius 3 is 3.17 bits per heavy atom. The Bertz CT molecular complexity index is 387. The van der Waals surface area contributed by atoms with E-state index in [1.165, 1.54) is 19.4 Å². The van der Waals surface area contributed by atoms with Crippen LogP contribution in [0.4, 0.5) is 0 Å². The minimum absolute atomic E-state index is 0.353. The summed E-state index contributed by atoms with van der Waals surface area (Å²) < 4.78 is 5.43. The normalized spacial score (nSPS) is 21.4. The summed E-state index contributed by atoms with van der Waals surface area (Å²) >= 11 is 0. The average Bonchev–Trinajstić information content (AvgIpc) is 2.77. The van der Waals surface area contributed by atoms with E-state index in [4.69, 9.17) is 4.42 Å². The molecule has 100 valence electrons. The summed E-state index contributed by atoms with van der Waals surface area (Å²) in [6.07, 6.45) is 6.21. The maximum Gasteiger partial charge on any atom is 0.194 e. The van der Waals surface area contributed by atoms with Crippen molar-refractivity contribution in [2.45, 2.75) is 45.6 Å². The first-order valence-electron chi connectivity index (χ1n) is 6.80. The Kier molecular flexibility index (Phi) is 4.53. The van der Waals surface area contributed by atoms with Crippen LogP contribution in [-0.2, 0) is 17.6 Å². The predicted octanol–water partition coefficient (Wildman–Crippen LogP) is 2.08. The van der Waals surface area contributed by atoms with Gasteiger partial charge in [-0.1, -0.05) is 0 Å². The Morgan fingerprint density at radius 2 is 2.44 bits per heavy atom. The van der Waals surface area contributed by atoms with Crippen LogP contribution in [-0.4, -0.2) is 35.3 Å². The van der Waals surface area contributed by atoms with E-state index < -0.39 is 0 Å². The van der Waals surface area contributed by atoms with Gasteiger partial charge in [-0.25, -0.2) is 4.98 Å². The van der Waals surface area contributed by atoms with Gasteiger partial charge in [0.25, 0.3) is 0 Å². The van der Waals surface area contributed by atoms with Gasteiger partial charge >= 0.3 is 0 Å². The second-order valence-electron chi connectivity index (χ2n) is 5.40. The van der Waals surface area contributed by atoms with Gasteiger partial charge in [0.15, 0.2) is 5.89 Å². The van der Waals surface area contributed by atoms with Crippen LogP contribution in [0, 0.1) is 5.92 Å². The lowest BCUT2D eigenvalue weighted by molar-refractivity contribution is -0.107. The zero-order chi connectivity index (χ0) is 13.0. The predicted molar refractivity (Wildman–Crippen MR) is 69.4 cm³/mol. The number of oxazole rings is 1. The van der Waals surface area contributed by atoms with Gasteiger partial charge in [0.2, 0.25) is 0 Å². The molecule has 1 aliphatic rings. The molecule has 0 spiro atoms. The van der Waals surface area contributed by atoms with Crippen molar-refractivity contribution in [2.75, 3.05) is 13.1 Å². The smallest absolute Gasteiger partial charge is 0.194 e. The average molecular weight is 250 g/mol. The third-order valence-corrected chi connectivity index (χ3v) is 3.64. The summed E-state index contributed by atoms with van der Waals surface area (Å²) in [5.41, 5.74) is 0.747. The quantitative estimate of drug-likeness (QED) is 0.751. The number of rotatable bonds is 5. The first kappa shape index (κ1) is 13.3. The lowest BCUT2D eigenvalue weighted by Gasteiger charge is -2.35. The molecule has 4 heteroatoms. The van der Waals surface area contributed by atoms with Crippen LogP contribution >= 0.6 is 0 Å². The molecule has 1 aliphatic heterocycles. The first-order chi connectivity index (χ1) is 8.69. The largest absolute Gasteiger partial charge is 0.449 e. The first-order valence-corrected chi connectivity index (χ1v) is 6.80. The minimum Gasteiger partial charge on any atom is -0.449 e. The third kappa shape index (κ3) is 3.42. The van der Waals surface area contributed by atoms with Crippen molar-refractivity contribution in [1.29, 1.82) is 0 Å². The minimum atomic E-state index is 0.353. The van der Waals surface area contributed by atoms with Crippen molar-refractivity contribution < 1.29 is 9.21 Å². The standard InChI is InChI=1S/C14H22N2O2/c1-11(2)16-6-3-4-12(9-16)8-14-15-13(5-7-17)10-18-14/h7,10-12H,3-6,8-9H2,1-2H3. The molecule has 2 rings (SSSR count). The van der Waals surface area contributed by atoms with E-state index in [1.54, 1.807) is 6.26 Å². The highest BCUT2D eigenvalue weighted by molar-refractivity contribution is 5.53. The van der Waals surface area contributed by atoms with Crippen LogP contribution in [0.2, 0.25) is 0 Å². The molecule has 0 radical (unpaired) electrons. The van der Waals surface area contributed by atoms with E-state index >= 15 is 0 Å². The molecule has 1 saturated heterocycles. The second-order valence-corrected chi connectivity index (χ2v) is 5.40. The second kappa shape index (κ2) is 6.14. The van der Waals surface area contributed by atoms with E-state index in [0.717, 1.165) is 30.8 Å². The summed E-state index contributed by atoms with van der Waals surface area (Å²) in [7, 11) is 0. The van der Waals surface area contributed by atoms with Crippen LogP contribution < -0.4 is 0 Å². The van der Waals surface area contributed by atoms with Crippen LogP contribution in [0.25, 0.3) is 0 Å². The fourth-order valence-electron chi connectivity index (χ4n) is 2.60. The summed E-state index contributed by atoms with van der Waals surface area (Å²) in [5.74, 6) is 1.41. The summed E-state index contributed by atoms with van der Waals surface area (Å²) in [5, 5.41) is 0. The van der Waals surface area contributed by atoms with Crippen molar-refractivity contribution in [3.05, 3.63) is 17.8 Å². The molecule has 0 bridgehead atoms. The van der Waals surface area contributed by atoms with E-state index in [2.05, 4.69) is 23.7 Å². The lowest BCUT2D eigenvalue weighted by Crippen LogP contribution is -2.40. The zero-order valence-electron chi connectivity index (χ0n) is 11.3. The molecule has 0 aliphatic carbocycles. The van der Waals surface area contributed by atoms with Gasteiger partial charge in [-0.2, -0.15) is 0 Å². The Morgan fingerprint density at radius 1 is 1.61 bits per heavy atom. The van der Waals surface area contributed by atoms with E-state index in [0.29, 0.717) is 18.4 Å². The monoisotopic (exact) mass is 250 g/mol. The highest BCUT2D eigenvalue weighted by atomic mass is 16.3. The number of likely N-dealkylation sites (tertiary alicyclic amines) is 1. The summed E-state index contributed by atoms with van der Waals surface area (Å²) in [4.78, 5) is 17.3. The van der Waals surface area contributed by atoms with E-state index in [9.17, 15) is 4.79 Å². The van der Waals surface area contributed by atoms with Gasteiger partial charge in [0.05, 0.1) is 5.69 Å². The third-order valence-electron chi connectivity index (χ3n) is 3.64. The van der Waals surface area contributed by atoms with Crippen LogP contribution in [0.15, 0.2) is 10.7 Å². The molecule has 1 fully saturated rings. The zero-order valence-corrected chi connectivity index (χ0v) is 11.3. The van der Waals surface area contributed by atoms with Crippen molar-refractivity contribution in [3.63, 3.8) is 0 Å². The molecule has 1 aromatic heterocycles. The molecular weight excluding hydrogens is 228 g/mol. The molecule has 2 heterocycles. The Hall–Kier alpha value is -1.16. The van der Waals surface area contributed by atoms with Gasteiger partial charge in [-0.3, -0.25) is 0 Å². The molecule has 1 unspecified atom stereocenters. The number of aldehydes is 1. The van der Waals surface area contributed by atoms with E-state index in [-0.39, 0.29) is 0 Å². The molecule has 0 aromatic carbocycles. The molecule has 1 aromatic rings. The SMILES string of the molecule is CC(C)N1CCCC(Cc2nc(CC=O)co2)C1. The summed E-state index contributed by atoms with van der Waals surface area (Å²) in [6.45, 7) is 6.82. The Labute approximate surface area is 108 Å². The highest BCUT2D eigenvalue weighted by Gasteiger charge is 2.23. The van der Waals surface area contributed by atoms with Gasteiger partial charge in [-0.15, -0.1) is 0 Å². The maximum absolute atomic E-state index is 10.4. The van der Waals surface area contributed by atoms with Crippen molar-refractivity contribution in [1.82, 2.24) is 9.88 Å². The number of aromatic nitrogens is 1. The fraction of sp³-hybridized carbons (Fsp3) is 0.714. The van der Waals surface area contributed by atoms with Crippen molar-refractivity contribution in [2.24, 2.45) is 5.92 Å².